The van der Waals surface area contributed by atoms with Gasteiger partial charge in [-0.1, -0.05) is 0 Å². The second kappa shape index (κ2) is 5.83. The first-order valence-electron chi connectivity index (χ1n) is 6.43. The molecule has 0 spiro atoms. The van der Waals surface area contributed by atoms with Gasteiger partial charge in [0.1, 0.15) is 5.56 Å². The molecule has 1 aromatic rings. The lowest BCUT2D eigenvalue weighted by atomic mass is 9.93. The highest BCUT2D eigenvalue weighted by Gasteiger charge is 2.24. The first kappa shape index (κ1) is 13.5. The van der Waals surface area contributed by atoms with Crippen molar-refractivity contribution in [2.24, 2.45) is 11.7 Å². The highest BCUT2D eigenvalue weighted by Crippen LogP contribution is 2.20. The first-order chi connectivity index (χ1) is 9.11. The van der Waals surface area contributed by atoms with Gasteiger partial charge in [0.25, 0.3) is 11.5 Å². The molecule has 0 radical (unpaired) electrons. The number of carbonyl (C=O) groups excluding carboxylic acids is 1. The molecule has 2 heterocycles. The van der Waals surface area contributed by atoms with Crippen molar-refractivity contribution in [3.05, 3.63) is 32.6 Å². The van der Waals surface area contributed by atoms with Crippen LogP contribution in [0.25, 0.3) is 0 Å². The average molecular weight is 266 g/mol. The number of amides is 1. The number of hydrogen-bond donors (Lipinski definition) is 3. The van der Waals surface area contributed by atoms with Crippen molar-refractivity contribution in [3.63, 3.8) is 0 Å². The minimum atomic E-state index is -0.641. The molecule has 1 aliphatic heterocycles. The van der Waals surface area contributed by atoms with Crippen LogP contribution >= 0.6 is 0 Å². The SMILES string of the molecule is NCCC1CCN(C(=O)c2c[nH]c(=O)[nH]c2=O)CC1. The highest BCUT2D eigenvalue weighted by atomic mass is 16.2. The van der Waals surface area contributed by atoms with Gasteiger partial charge < -0.3 is 15.6 Å². The number of nitrogens with one attached hydrogen (secondary N) is 2. The molecule has 2 rings (SSSR count). The van der Waals surface area contributed by atoms with Crippen molar-refractivity contribution < 1.29 is 4.79 Å². The fraction of sp³-hybridized carbons (Fsp3) is 0.583. The second-order valence-corrected chi connectivity index (χ2v) is 4.80. The molecule has 0 unspecified atom stereocenters. The molecule has 1 fully saturated rings. The third-order valence-corrected chi connectivity index (χ3v) is 3.53. The molecule has 1 aromatic heterocycles. The Kier molecular flexibility index (Phi) is 4.16. The molecular formula is C12H18N4O3. The fourth-order valence-corrected chi connectivity index (χ4v) is 2.40. The molecule has 104 valence electrons. The molecule has 4 N–H and O–H groups in total. The van der Waals surface area contributed by atoms with Crippen LogP contribution in [0.1, 0.15) is 29.6 Å². The molecule has 19 heavy (non-hydrogen) atoms. The first-order valence-corrected chi connectivity index (χ1v) is 6.43. The molecule has 7 nitrogen and oxygen atoms in total. The molecule has 0 saturated carbocycles. The molecule has 0 bridgehead atoms. The van der Waals surface area contributed by atoms with Crippen molar-refractivity contribution >= 4 is 5.91 Å². The van der Waals surface area contributed by atoms with Gasteiger partial charge in [0, 0.05) is 19.3 Å². The number of nitrogens with zero attached hydrogens (tertiary/aromatic N) is 1. The number of likely N-dealkylation sites (tertiary alicyclic amines) is 1. The van der Waals surface area contributed by atoms with Crippen molar-refractivity contribution in [2.45, 2.75) is 19.3 Å². The Morgan fingerprint density at radius 1 is 1.37 bits per heavy atom. The summed E-state index contributed by atoms with van der Waals surface area (Å²) in [6.45, 7) is 1.92. The van der Waals surface area contributed by atoms with Crippen LogP contribution in [0, 0.1) is 5.92 Å². The van der Waals surface area contributed by atoms with Crippen LogP contribution in [-0.2, 0) is 0 Å². The summed E-state index contributed by atoms with van der Waals surface area (Å²) in [6.07, 6.45) is 3.96. The normalized spacial score (nSPS) is 16.6. The van der Waals surface area contributed by atoms with Gasteiger partial charge >= 0.3 is 5.69 Å². The zero-order valence-corrected chi connectivity index (χ0v) is 10.6. The maximum atomic E-state index is 12.2. The van der Waals surface area contributed by atoms with Gasteiger partial charge in [-0.3, -0.25) is 14.6 Å². The van der Waals surface area contributed by atoms with E-state index in [4.69, 9.17) is 5.73 Å². The van der Waals surface area contributed by atoms with Crippen LogP contribution in [0.2, 0.25) is 0 Å². The maximum Gasteiger partial charge on any atom is 0.325 e. The third-order valence-electron chi connectivity index (χ3n) is 3.53. The standard InChI is InChI=1S/C12H18N4O3/c13-4-1-8-2-5-16(6-3-8)11(18)9-7-14-12(19)15-10(9)17/h7-8H,1-6,13H2,(H2,14,15,17,19). The average Bonchev–Trinajstić information content (AvgIpc) is 2.39. The molecule has 1 aliphatic rings. The summed E-state index contributed by atoms with van der Waals surface area (Å²) in [5.41, 5.74) is 4.25. The topological polar surface area (TPSA) is 112 Å². The van der Waals surface area contributed by atoms with Crippen molar-refractivity contribution in [3.8, 4) is 0 Å². The van der Waals surface area contributed by atoms with Gasteiger partial charge in [-0.15, -0.1) is 0 Å². The van der Waals surface area contributed by atoms with E-state index in [1.165, 1.54) is 6.20 Å². The zero-order chi connectivity index (χ0) is 13.8. The molecule has 1 saturated heterocycles. The number of carbonyl (C=O) groups is 1. The summed E-state index contributed by atoms with van der Waals surface area (Å²) in [5.74, 6) is 0.228. The van der Waals surface area contributed by atoms with E-state index in [1.807, 2.05) is 0 Å². The van der Waals surface area contributed by atoms with Crippen LogP contribution in [0.4, 0.5) is 0 Å². The summed E-state index contributed by atoms with van der Waals surface area (Å²) in [7, 11) is 0. The van der Waals surface area contributed by atoms with Crippen molar-refractivity contribution in [1.29, 1.82) is 0 Å². The summed E-state index contributed by atoms with van der Waals surface area (Å²) in [5, 5.41) is 0. The minimum absolute atomic E-state index is 0.0168. The number of hydrogen-bond acceptors (Lipinski definition) is 4. The Bertz CT molecular complexity index is 555. The number of piperidine rings is 1. The Morgan fingerprint density at radius 3 is 2.63 bits per heavy atom. The number of H-pyrrole nitrogens is 2. The van der Waals surface area contributed by atoms with E-state index in [2.05, 4.69) is 9.97 Å². The number of aromatic amines is 2. The van der Waals surface area contributed by atoms with E-state index >= 15 is 0 Å². The lowest BCUT2D eigenvalue weighted by Crippen LogP contribution is -2.41. The molecule has 7 heteroatoms. The Balaban J connectivity index is 2.05. The predicted molar refractivity (Wildman–Crippen MR) is 70.0 cm³/mol. The maximum absolute atomic E-state index is 12.2. The fourth-order valence-electron chi connectivity index (χ4n) is 2.40. The van der Waals surface area contributed by atoms with Crippen LogP contribution in [0.3, 0.4) is 0 Å². The second-order valence-electron chi connectivity index (χ2n) is 4.80. The Labute approximate surface area is 109 Å². The lowest BCUT2D eigenvalue weighted by Gasteiger charge is -2.31. The number of aromatic nitrogens is 2. The molecule has 0 atom stereocenters. The van der Waals surface area contributed by atoms with Crippen LogP contribution < -0.4 is 17.0 Å². The smallest absolute Gasteiger partial charge is 0.325 e. The molecule has 0 aromatic carbocycles. The van der Waals surface area contributed by atoms with Gasteiger partial charge in [-0.05, 0) is 31.7 Å². The summed E-state index contributed by atoms with van der Waals surface area (Å²) >= 11 is 0. The van der Waals surface area contributed by atoms with Crippen molar-refractivity contribution in [2.75, 3.05) is 19.6 Å². The highest BCUT2D eigenvalue weighted by molar-refractivity contribution is 5.93. The quantitative estimate of drug-likeness (QED) is 0.669. The third kappa shape index (κ3) is 3.11. The van der Waals surface area contributed by atoms with Crippen LogP contribution in [-0.4, -0.2) is 40.4 Å². The number of nitrogens with two attached hydrogens (primary N) is 1. The number of rotatable bonds is 3. The zero-order valence-electron chi connectivity index (χ0n) is 10.6. The van der Waals surface area contributed by atoms with E-state index < -0.39 is 11.2 Å². The monoisotopic (exact) mass is 266 g/mol. The van der Waals surface area contributed by atoms with E-state index in [0.29, 0.717) is 25.6 Å². The van der Waals surface area contributed by atoms with Crippen LogP contribution in [0.15, 0.2) is 15.8 Å². The summed E-state index contributed by atoms with van der Waals surface area (Å²) in [6, 6.07) is 0. The Morgan fingerprint density at radius 2 is 2.05 bits per heavy atom. The molecule has 0 aliphatic carbocycles. The van der Waals surface area contributed by atoms with Gasteiger partial charge in [-0.25, -0.2) is 4.79 Å². The van der Waals surface area contributed by atoms with E-state index in [1.54, 1.807) is 4.90 Å². The van der Waals surface area contributed by atoms with E-state index in [9.17, 15) is 14.4 Å². The van der Waals surface area contributed by atoms with Crippen molar-refractivity contribution in [1.82, 2.24) is 14.9 Å². The Hall–Kier alpha value is -1.89. The van der Waals surface area contributed by atoms with Gasteiger partial charge in [0.15, 0.2) is 0 Å². The van der Waals surface area contributed by atoms with E-state index in [-0.39, 0.29) is 11.5 Å². The molecular weight excluding hydrogens is 248 g/mol. The van der Waals surface area contributed by atoms with Gasteiger partial charge in [-0.2, -0.15) is 0 Å². The summed E-state index contributed by atoms with van der Waals surface area (Å²) < 4.78 is 0. The van der Waals surface area contributed by atoms with Crippen LogP contribution in [0.5, 0.6) is 0 Å². The van der Waals surface area contributed by atoms with Gasteiger partial charge in [0.2, 0.25) is 0 Å². The molecule has 1 amide bonds. The largest absolute Gasteiger partial charge is 0.338 e. The van der Waals surface area contributed by atoms with E-state index in [0.717, 1.165) is 19.3 Å². The minimum Gasteiger partial charge on any atom is -0.338 e. The predicted octanol–water partition coefficient (Wildman–Crippen LogP) is -0.736. The summed E-state index contributed by atoms with van der Waals surface area (Å²) in [4.78, 5) is 40.6. The van der Waals surface area contributed by atoms with Gasteiger partial charge in [0.05, 0.1) is 0 Å². The lowest BCUT2D eigenvalue weighted by molar-refractivity contribution is 0.0685.